The Labute approximate surface area is 299 Å². The van der Waals surface area contributed by atoms with Crippen molar-refractivity contribution in [1.29, 1.82) is 0 Å². The van der Waals surface area contributed by atoms with Gasteiger partial charge in [0.05, 0.1) is 33.4 Å². The maximum Gasteiger partial charge on any atom is 0.256 e. The SMILES string of the molecule is Cc1nc2cccc3c2n1-c1c2c4c(c5c1B3c1ccccc1O5)CCc1c3c5c(c(c1-4)CC2)-n1c(C)nc2cccc(c21)B5c1ccccc1O3. The molecule has 0 amide bonds. The minimum absolute atomic E-state index is 0.0928. The maximum atomic E-state index is 7.15. The Kier molecular flexibility index (Phi) is 4.48. The van der Waals surface area contributed by atoms with Crippen LogP contribution in [0.15, 0.2) is 84.9 Å². The van der Waals surface area contributed by atoms with Crippen LogP contribution in [0, 0.1) is 13.8 Å². The predicted molar refractivity (Wildman–Crippen MR) is 208 cm³/mol. The number of rotatable bonds is 0. The molecule has 6 aliphatic rings. The van der Waals surface area contributed by atoms with Gasteiger partial charge < -0.3 is 9.47 Å². The fourth-order valence-electron chi connectivity index (χ4n) is 11.4. The van der Waals surface area contributed by atoms with Gasteiger partial charge in [-0.3, -0.25) is 9.13 Å². The number of benzene rings is 6. The second-order valence-corrected chi connectivity index (χ2v) is 15.4. The van der Waals surface area contributed by atoms with Gasteiger partial charge in [-0.15, -0.1) is 0 Å². The number of aromatic nitrogens is 4. The Morgan fingerprint density at radius 2 is 0.923 bits per heavy atom. The van der Waals surface area contributed by atoms with E-state index in [1.165, 1.54) is 88.6 Å². The van der Waals surface area contributed by atoms with Crippen molar-refractivity contribution in [2.24, 2.45) is 0 Å². The molecule has 0 bridgehead atoms. The summed E-state index contributed by atoms with van der Waals surface area (Å²) in [5.74, 6) is 6.07. The quantitative estimate of drug-likeness (QED) is 0.220. The molecule has 0 saturated carbocycles. The molecular formula is C44H28B2N4O2. The molecule has 4 aliphatic heterocycles. The van der Waals surface area contributed by atoms with Gasteiger partial charge in [-0.25, -0.2) is 9.97 Å². The minimum Gasteiger partial charge on any atom is -0.458 e. The highest BCUT2D eigenvalue weighted by Crippen LogP contribution is 2.54. The molecule has 2 aliphatic carbocycles. The summed E-state index contributed by atoms with van der Waals surface area (Å²) in [6.07, 6.45) is 3.69. The van der Waals surface area contributed by atoms with Gasteiger partial charge in [0, 0.05) is 11.1 Å². The Bertz CT molecular complexity index is 2880. The van der Waals surface area contributed by atoms with Crippen molar-refractivity contribution in [2.75, 3.05) is 0 Å². The Morgan fingerprint density at radius 3 is 1.40 bits per heavy atom. The van der Waals surface area contributed by atoms with Gasteiger partial charge >= 0.3 is 0 Å². The molecule has 0 N–H and O–H groups in total. The smallest absolute Gasteiger partial charge is 0.256 e. The zero-order valence-electron chi connectivity index (χ0n) is 28.7. The molecule has 0 radical (unpaired) electrons. The lowest BCUT2D eigenvalue weighted by atomic mass is 9.33. The van der Waals surface area contributed by atoms with Crippen LogP contribution in [0.5, 0.6) is 23.0 Å². The molecule has 14 rings (SSSR count). The number of hydrogen-bond acceptors (Lipinski definition) is 4. The first-order valence-corrected chi connectivity index (χ1v) is 18.6. The summed E-state index contributed by atoms with van der Waals surface area (Å²) < 4.78 is 19.2. The Morgan fingerprint density at radius 1 is 0.500 bits per heavy atom. The van der Waals surface area contributed by atoms with Gasteiger partial charge in [-0.1, -0.05) is 60.7 Å². The van der Waals surface area contributed by atoms with Crippen LogP contribution in [-0.2, 0) is 25.7 Å². The fraction of sp³-hybridized carbons (Fsp3) is 0.136. The third-order valence-corrected chi connectivity index (χ3v) is 13.1. The summed E-state index contributed by atoms with van der Waals surface area (Å²) in [7, 11) is 0. The van der Waals surface area contributed by atoms with E-state index in [2.05, 4.69) is 108 Å². The highest BCUT2D eigenvalue weighted by atomic mass is 16.5. The summed E-state index contributed by atoms with van der Waals surface area (Å²) in [5.41, 5.74) is 23.2. The monoisotopic (exact) mass is 666 g/mol. The van der Waals surface area contributed by atoms with E-state index in [0.717, 1.165) is 71.4 Å². The zero-order chi connectivity index (χ0) is 33.7. The van der Waals surface area contributed by atoms with Gasteiger partial charge in [-0.05, 0) is 119 Å². The van der Waals surface area contributed by atoms with Crippen molar-refractivity contribution in [2.45, 2.75) is 39.5 Å². The standard InChI is InChI=1S/C44H28B2N4O2/c1-21-47-31-13-7-11-29-41(31)49(21)39-23-17-18-24-36-26(20-19-25(35(23)36)43-37(39)45(29)27-9-3-5-15-33(27)51-43)44-38-40(24)50-22(2)48-32-14-8-12-30(42(32)50)46(38)28-10-4-6-16-34(28)52-44/h3-16H,17-20H2,1-2H3. The molecule has 0 saturated heterocycles. The molecular weight excluding hydrogens is 638 g/mol. The van der Waals surface area contributed by atoms with Crippen LogP contribution in [-0.4, -0.2) is 32.5 Å². The second kappa shape index (κ2) is 8.71. The van der Waals surface area contributed by atoms with Crippen molar-refractivity contribution in [3.8, 4) is 45.5 Å². The van der Waals surface area contributed by atoms with E-state index in [1.807, 2.05) is 0 Å². The van der Waals surface area contributed by atoms with Crippen LogP contribution >= 0.6 is 0 Å². The first-order chi connectivity index (χ1) is 25.7. The van der Waals surface area contributed by atoms with Gasteiger partial charge in [0.2, 0.25) is 0 Å². The second-order valence-electron chi connectivity index (χ2n) is 15.4. The van der Waals surface area contributed by atoms with Crippen molar-refractivity contribution in [1.82, 2.24) is 19.1 Å². The molecule has 0 unspecified atom stereocenters. The van der Waals surface area contributed by atoms with Crippen LogP contribution in [0.1, 0.15) is 33.9 Å². The number of imidazole rings is 2. The Balaban J connectivity index is 1.16. The molecule has 2 aromatic heterocycles. The lowest BCUT2D eigenvalue weighted by molar-refractivity contribution is 0.473. The molecule has 0 spiro atoms. The van der Waals surface area contributed by atoms with Crippen molar-refractivity contribution in [3.63, 3.8) is 0 Å². The maximum absolute atomic E-state index is 7.15. The molecule has 6 heterocycles. The highest BCUT2D eigenvalue weighted by Gasteiger charge is 2.49. The first-order valence-electron chi connectivity index (χ1n) is 18.6. The summed E-state index contributed by atoms with van der Waals surface area (Å²) in [5, 5.41) is 0. The largest absolute Gasteiger partial charge is 0.458 e. The summed E-state index contributed by atoms with van der Waals surface area (Å²) in [6, 6.07) is 30.7. The first kappa shape index (κ1) is 26.8. The molecule has 6 nitrogen and oxygen atoms in total. The van der Waals surface area contributed by atoms with Gasteiger partial charge in [0.1, 0.15) is 34.6 Å². The van der Waals surface area contributed by atoms with Crippen molar-refractivity contribution < 1.29 is 9.47 Å². The van der Waals surface area contributed by atoms with Crippen LogP contribution < -0.4 is 42.3 Å². The number of nitrogens with zero attached hydrogens (tertiary/aromatic N) is 4. The molecule has 52 heavy (non-hydrogen) atoms. The van der Waals surface area contributed by atoms with E-state index in [1.54, 1.807) is 0 Å². The van der Waals surface area contributed by atoms with Gasteiger partial charge in [0.25, 0.3) is 13.4 Å². The predicted octanol–water partition coefficient (Wildman–Crippen LogP) is 4.72. The number of hydrogen-bond donors (Lipinski definition) is 0. The van der Waals surface area contributed by atoms with Crippen LogP contribution in [0.4, 0.5) is 0 Å². The van der Waals surface area contributed by atoms with Crippen LogP contribution in [0.3, 0.4) is 0 Å². The van der Waals surface area contributed by atoms with E-state index < -0.39 is 0 Å². The van der Waals surface area contributed by atoms with Gasteiger partial charge in [0.15, 0.2) is 0 Å². The van der Waals surface area contributed by atoms with Crippen molar-refractivity contribution >= 4 is 68.3 Å². The van der Waals surface area contributed by atoms with Crippen molar-refractivity contribution in [3.05, 3.63) is 119 Å². The molecule has 6 aromatic carbocycles. The van der Waals surface area contributed by atoms with Crippen LogP contribution in [0.2, 0.25) is 0 Å². The lowest BCUT2D eigenvalue weighted by Crippen LogP contribution is -2.59. The van der Waals surface area contributed by atoms with Gasteiger partial charge in [-0.2, -0.15) is 0 Å². The average molecular weight is 666 g/mol. The third kappa shape index (κ3) is 2.81. The molecule has 8 heteroatoms. The summed E-state index contributed by atoms with van der Waals surface area (Å²) >= 11 is 0. The van der Waals surface area contributed by atoms with E-state index in [4.69, 9.17) is 19.4 Å². The van der Waals surface area contributed by atoms with E-state index >= 15 is 0 Å². The van der Waals surface area contributed by atoms with Crippen LogP contribution in [0.25, 0.3) is 44.6 Å². The average Bonchev–Trinajstić information content (AvgIpc) is 3.70. The summed E-state index contributed by atoms with van der Waals surface area (Å²) in [4.78, 5) is 10.3. The summed E-state index contributed by atoms with van der Waals surface area (Å²) in [6.45, 7) is 4.52. The minimum atomic E-state index is 0.0928. The number of para-hydroxylation sites is 4. The van der Waals surface area contributed by atoms with E-state index in [9.17, 15) is 0 Å². The Hall–Kier alpha value is -6.01. The number of aryl methyl sites for hydroxylation is 2. The third-order valence-electron chi connectivity index (χ3n) is 13.1. The zero-order valence-corrected chi connectivity index (χ0v) is 28.7. The van der Waals surface area contributed by atoms with E-state index in [0.29, 0.717) is 0 Å². The lowest BCUT2D eigenvalue weighted by Gasteiger charge is -2.43. The molecule has 0 fully saturated rings. The topological polar surface area (TPSA) is 54.1 Å². The molecule has 0 atom stereocenters. The highest BCUT2D eigenvalue weighted by molar-refractivity contribution is 7.00. The van der Waals surface area contributed by atoms with E-state index in [-0.39, 0.29) is 13.4 Å². The normalized spacial score (nSPS) is 15.4. The fourth-order valence-corrected chi connectivity index (χ4v) is 11.4. The number of fused-ring (bicyclic) bond motifs is 12. The number of ether oxygens (including phenoxy) is 2. The molecule has 242 valence electrons. The molecule has 8 aromatic rings.